The van der Waals surface area contributed by atoms with Gasteiger partial charge in [0.2, 0.25) is 0 Å². The number of carbonyl (C=O) groups is 1. The van der Waals surface area contributed by atoms with E-state index in [1.807, 2.05) is 12.1 Å². The Kier molecular flexibility index (Phi) is 3.43. The SMILES string of the molecule is C=CCN(C(=O)C=C)c1cccc2c1CCC2. The van der Waals surface area contributed by atoms with E-state index in [2.05, 4.69) is 19.2 Å². The van der Waals surface area contributed by atoms with Crippen LogP contribution in [0.2, 0.25) is 0 Å². The molecule has 1 aliphatic rings. The van der Waals surface area contributed by atoms with E-state index in [0.29, 0.717) is 6.54 Å². The first kappa shape index (κ1) is 11.6. The molecule has 0 fully saturated rings. The first-order chi connectivity index (χ1) is 8.27. The molecule has 0 aliphatic heterocycles. The van der Waals surface area contributed by atoms with Gasteiger partial charge in [-0.1, -0.05) is 24.8 Å². The number of anilines is 1. The molecule has 1 amide bonds. The summed E-state index contributed by atoms with van der Waals surface area (Å²) in [4.78, 5) is 13.6. The molecule has 0 N–H and O–H groups in total. The predicted molar refractivity (Wildman–Crippen MR) is 71.2 cm³/mol. The Bertz CT molecular complexity index is 462. The molecule has 0 radical (unpaired) electrons. The fourth-order valence-corrected chi connectivity index (χ4v) is 2.40. The molecule has 0 heterocycles. The molecule has 17 heavy (non-hydrogen) atoms. The van der Waals surface area contributed by atoms with Gasteiger partial charge in [-0.25, -0.2) is 0 Å². The Labute approximate surface area is 102 Å². The monoisotopic (exact) mass is 227 g/mol. The minimum atomic E-state index is -0.0646. The van der Waals surface area contributed by atoms with Crippen LogP contribution in [0, 0.1) is 0 Å². The molecular formula is C15H17NO. The molecule has 0 aromatic heterocycles. The number of amides is 1. The van der Waals surface area contributed by atoms with Gasteiger partial charge >= 0.3 is 0 Å². The van der Waals surface area contributed by atoms with E-state index in [1.165, 1.54) is 23.6 Å². The maximum atomic E-state index is 11.9. The van der Waals surface area contributed by atoms with Gasteiger partial charge in [-0.15, -0.1) is 6.58 Å². The van der Waals surface area contributed by atoms with Gasteiger partial charge in [0.1, 0.15) is 0 Å². The summed E-state index contributed by atoms with van der Waals surface area (Å²) in [6, 6.07) is 6.18. The van der Waals surface area contributed by atoms with Crippen LogP contribution in [0.4, 0.5) is 5.69 Å². The van der Waals surface area contributed by atoms with Gasteiger partial charge in [0, 0.05) is 12.2 Å². The Morgan fingerprint density at radius 1 is 1.35 bits per heavy atom. The molecule has 2 rings (SSSR count). The van der Waals surface area contributed by atoms with Crippen LogP contribution in [0.25, 0.3) is 0 Å². The van der Waals surface area contributed by atoms with Crippen molar-refractivity contribution in [2.75, 3.05) is 11.4 Å². The van der Waals surface area contributed by atoms with Crippen molar-refractivity contribution in [3.8, 4) is 0 Å². The lowest BCUT2D eigenvalue weighted by atomic mass is 10.1. The molecule has 0 saturated heterocycles. The highest BCUT2D eigenvalue weighted by Gasteiger charge is 2.20. The van der Waals surface area contributed by atoms with Crippen LogP contribution in [0.5, 0.6) is 0 Å². The van der Waals surface area contributed by atoms with Gasteiger partial charge < -0.3 is 4.90 Å². The first-order valence-electron chi connectivity index (χ1n) is 5.93. The van der Waals surface area contributed by atoms with Crippen molar-refractivity contribution in [1.29, 1.82) is 0 Å². The highest BCUT2D eigenvalue weighted by Crippen LogP contribution is 2.31. The molecule has 0 bridgehead atoms. The third kappa shape index (κ3) is 2.16. The second-order valence-corrected chi connectivity index (χ2v) is 4.21. The molecule has 2 nitrogen and oxygen atoms in total. The van der Waals surface area contributed by atoms with Crippen LogP contribution >= 0.6 is 0 Å². The maximum absolute atomic E-state index is 11.9. The van der Waals surface area contributed by atoms with Gasteiger partial charge in [-0.05, 0) is 42.5 Å². The number of nitrogens with zero attached hydrogens (tertiary/aromatic N) is 1. The van der Waals surface area contributed by atoms with E-state index in [9.17, 15) is 4.79 Å². The summed E-state index contributed by atoms with van der Waals surface area (Å²) < 4.78 is 0. The largest absolute Gasteiger partial charge is 0.305 e. The third-order valence-corrected chi connectivity index (χ3v) is 3.16. The Morgan fingerprint density at radius 2 is 2.18 bits per heavy atom. The second kappa shape index (κ2) is 5.00. The fraction of sp³-hybridized carbons (Fsp3) is 0.267. The fourth-order valence-electron chi connectivity index (χ4n) is 2.40. The summed E-state index contributed by atoms with van der Waals surface area (Å²) >= 11 is 0. The van der Waals surface area contributed by atoms with Crippen molar-refractivity contribution in [3.63, 3.8) is 0 Å². The summed E-state index contributed by atoms with van der Waals surface area (Å²) in [6.45, 7) is 7.79. The van der Waals surface area contributed by atoms with Gasteiger partial charge in [0.25, 0.3) is 5.91 Å². The predicted octanol–water partition coefficient (Wildman–Crippen LogP) is 2.88. The second-order valence-electron chi connectivity index (χ2n) is 4.21. The molecule has 1 aliphatic carbocycles. The van der Waals surface area contributed by atoms with E-state index in [0.717, 1.165) is 18.5 Å². The molecular weight excluding hydrogens is 210 g/mol. The van der Waals surface area contributed by atoms with Gasteiger partial charge in [-0.3, -0.25) is 4.79 Å². The zero-order chi connectivity index (χ0) is 12.3. The van der Waals surface area contributed by atoms with E-state index in [1.54, 1.807) is 11.0 Å². The minimum Gasteiger partial charge on any atom is -0.305 e. The highest BCUT2D eigenvalue weighted by atomic mass is 16.2. The summed E-state index contributed by atoms with van der Waals surface area (Å²) in [7, 11) is 0. The van der Waals surface area contributed by atoms with Gasteiger partial charge in [-0.2, -0.15) is 0 Å². The summed E-state index contributed by atoms with van der Waals surface area (Å²) in [5, 5.41) is 0. The minimum absolute atomic E-state index is 0.0646. The third-order valence-electron chi connectivity index (χ3n) is 3.16. The topological polar surface area (TPSA) is 20.3 Å². The zero-order valence-electron chi connectivity index (χ0n) is 9.98. The summed E-state index contributed by atoms with van der Waals surface area (Å²) in [5.74, 6) is -0.0646. The molecule has 88 valence electrons. The van der Waals surface area contributed by atoms with E-state index in [4.69, 9.17) is 0 Å². The number of carbonyl (C=O) groups excluding carboxylic acids is 1. The number of benzene rings is 1. The first-order valence-corrected chi connectivity index (χ1v) is 5.93. The number of rotatable bonds is 4. The van der Waals surface area contributed by atoms with Crippen molar-refractivity contribution in [3.05, 3.63) is 54.6 Å². The number of hydrogen-bond donors (Lipinski definition) is 0. The smallest absolute Gasteiger partial charge is 0.250 e. The van der Waals surface area contributed by atoms with Crippen LogP contribution < -0.4 is 4.90 Å². The Balaban J connectivity index is 2.42. The Morgan fingerprint density at radius 3 is 2.88 bits per heavy atom. The van der Waals surface area contributed by atoms with Crippen molar-refractivity contribution >= 4 is 11.6 Å². The van der Waals surface area contributed by atoms with Crippen molar-refractivity contribution in [2.45, 2.75) is 19.3 Å². The quantitative estimate of drug-likeness (QED) is 0.572. The molecule has 0 spiro atoms. The van der Waals surface area contributed by atoms with Crippen LogP contribution in [-0.2, 0) is 17.6 Å². The molecule has 1 aromatic rings. The Hall–Kier alpha value is -1.83. The molecule has 2 heteroatoms. The summed E-state index contributed by atoms with van der Waals surface area (Å²) in [5.41, 5.74) is 3.70. The van der Waals surface area contributed by atoms with Crippen molar-refractivity contribution in [2.24, 2.45) is 0 Å². The molecule has 1 aromatic carbocycles. The number of aryl methyl sites for hydroxylation is 1. The molecule has 0 saturated carbocycles. The van der Waals surface area contributed by atoms with Crippen molar-refractivity contribution < 1.29 is 4.79 Å². The molecule has 0 atom stereocenters. The lowest BCUT2D eigenvalue weighted by Gasteiger charge is -2.22. The average Bonchev–Trinajstić information content (AvgIpc) is 2.83. The normalized spacial score (nSPS) is 12.9. The summed E-state index contributed by atoms with van der Waals surface area (Å²) in [6.07, 6.45) is 6.46. The van der Waals surface area contributed by atoms with E-state index < -0.39 is 0 Å². The zero-order valence-corrected chi connectivity index (χ0v) is 9.98. The van der Waals surface area contributed by atoms with Gasteiger partial charge in [0.05, 0.1) is 0 Å². The lowest BCUT2D eigenvalue weighted by molar-refractivity contribution is -0.114. The van der Waals surface area contributed by atoms with Gasteiger partial charge in [0.15, 0.2) is 0 Å². The lowest BCUT2D eigenvalue weighted by Crippen LogP contribution is -2.30. The van der Waals surface area contributed by atoms with Crippen LogP contribution in [0.1, 0.15) is 17.5 Å². The standard InChI is InChI=1S/C15H17NO/c1-3-11-16(15(17)4-2)14-10-6-8-12-7-5-9-13(12)14/h3-4,6,8,10H,1-2,5,7,9,11H2. The molecule has 0 unspecified atom stereocenters. The number of fused-ring (bicyclic) bond motifs is 1. The average molecular weight is 227 g/mol. The van der Waals surface area contributed by atoms with Crippen LogP contribution in [-0.4, -0.2) is 12.5 Å². The van der Waals surface area contributed by atoms with Crippen molar-refractivity contribution in [1.82, 2.24) is 0 Å². The van der Waals surface area contributed by atoms with Crippen LogP contribution in [0.3, 0.4) is 0 Å². The maximum Gasteiger partial charge on any atom is 0.250 e. The van der Waals surface area contributed by atoms with Crippen LogP contribution in [0.15, 0.2) is 43.5 Å². The number of hydrogen-bond acceptors (Lipinski definition) is 1. The highest BCUT2D eigenvalue weighted by molar-refractivity contribution is 6.01. The van der Waals surface area contributed by atoms with E-state index in [-0.39, 0.29) is 5.91 Å². The van der Waals surface area contributed by atoms with E-state index >= 15 is 0 Å².